The zero-order valence-corrected chi connectivity index (χ0v) is 8.14. The normalized spacial score (nSPS) is 19.7. The Morgan fingerprint density at radius 1 is 1.43 bits per heavy atom. The van der Waals surface area contributed by atoms with Crippen LogP contribution in [0.2, 0.25) is 0 Å². The third-order valence-corrected chi connectivity index (χ3v) is 2.11. The number of hydrogen-bond acceptors (Lipinski definition) is 6. The van der Waals surface area contributed by atoms with Crippen LogP contribution in [0.25, 0.3) is 0 Å². The third-order valence-electron chi connectivity index (χ3n) is 2.11. The fourth-order valence-corrected chi connectivity index (χ4v) is 1.30. The zero-order chi connectivity index (χ0) is 9.97. The Labute approximate surface area is 82.0 Å². The summed E-state index contributed by atoms with van der Waals surface area (Å²) < 4.78 is 10.2. The molecule has 6 nitrogen and oxygen atoms in total. The van der Waals surface area contributed by atoms with E-state index in [2.05, 4.69) is 10.1 Å². The largest absolute Gasteiger partial charge is 0.378 e. The Morgan fingerprint density at radius 3 is 2.71 bits per heavy atom. The van der Waals surface area contributed by atoms with Gasteiger partial charge in [-0.3, -0.25) is 0 Å². The standard InChI is InChI=1S/C8H14N4O2/c1-6(9)7-10-8(11-14-7)12-2-4-13-5-3-12/h6H,2-5,9H2,1H3/t6-/m1/s1. The molecule has 0 unspecified atom stereocenters. The van der Waals surface area contributed by atoms with E-state index in [9.17, 15) is 0 Å². The summed E-state index contributed by atoms with van der Waals surface area (Å²) in [7, 11) is 0. The van der Waals surface area contributed by atoms with Crippen molar-refractivity contribution in [1.82, 2.24) is 10.1 Å². The molecule has 2 N–H and O–H groups in total. The van der Waals surface area contributed by atoms with Crippen molar-refractivity contribution in [3.05, 3.63) is 5.89 Å². The van der Waals surface area contributed by atoms with Crippen LogP contribution < -0.4 is 10.6 Å². The minimum atomic E-state index is -0.211. The quantitative estimate of drug-likeness (QED) is 0.716. The molecule has 0 spiro atoms. The van der Waals surface area contributed by atoms with E-state index in [1.807, 2.05) is 11.8 Å². The van der Waals surface area contributed by atoms with Gasteiger partial charge in [0.25, 0.3) is 5.95 Å². The molecule has 1 aliphatic heterocycles. The summed E-state index contributed by atoms with van der Waals surface area (Å²) in [5, 5.41) is 3.87. The van der Waals surface area contributed by atoms with Crippen LogP contribution in [0, 0.1) is 0 Å². The molecular weight excluding hydrogens is 184 g/mol. The predicted octanol–water partition coefficient (Wildman–Crippen LogP) is -0.0741. The van der Waals surface area contributed by atoms with E-state index in [4.69, 9.17) is 15.0 Å². The molecule has 6 heteroatoms. The summed E-state index contributed by atoms with van der Waals surface area (Å²) in [5.74, 6) is 1.09. The maximum Gasteiger partial charge on any atom is 0.266 e. The van der Waals surface area contributed by atoms with Crippen molar-refractivity contribution in [1.29, 1.82) is 0 Å². The highest BCUT2D eigenvalue weighted by Crippen LogP contribution is 2.14. The minimum absolute atomic E-state index is 0.211. The van der Waals surface area contributed by atoms with Crippen molar-refractivity contribution in [2.75, 3.05) is 31.2 Å². The van der Waals surface area contributed by atoms with E-state index in [1.165, 1.54) is 0 Å². The van der Waals surface area contributed by atoms with Crippen LogP contribution in [0.15, 0.2) is 4.52 Å². The number of rotatable bonds is 2. The molecule has 14 heavy (non-hydrogen) atoms. The van der Waals surface area contributed by atoms with E-state index in [-0.39, 0.29) is 6.04 Å². The van der Waals surface area contributed by atoms with Crippen molar-refractivity contribution in [3.63, 3.8) is 0 Å². The molecule has 1 aromatic heterocycles. The second-order valence-corrected chi connectivity index (χ2v) is 3.32. The fourth-order valence-electron chi connectivity index (χ4n) is 1.30. The van der Waals surface area contributed by atoms with Gasteiger partial charge in [0.2, 0.25) is 5.89 Å². The average Bonchev–Trinajstić information content (AvgIpc) is 2.68. The highest BCUT2D eigenvalue weighted by molar-refractivity contribution is 5.28. The number of nitrogens with two attached hydrogens (primary N) is 1. The lowest BCUT2D eigenvalue weighted by Crippen LogP contribution is -2.36. The topological polar surface area (TPSA) is 77.4 Å². The molecule has 1 atom stereocenters. The first-order chi connectivity index (χ1) is 6.77. The summed E-state index contributed by atoms with van der Waals surface area (Å²) in [6, 6.07) is -0.211. The van der Waals surface area contributed by atoms with Crippen molar-refractivity contribution in [2.45, 2.75) is 13.0 Å². The van der Waals surface area contributed by atoms with E-state index in [0.29, 0.717) is 25.1 Å². The van der Waals surface area contributed by atoms with Crippen molar-refractivity contribution >= 4 is 5.95 Å². The Morgan fingerprint density at radius 2 is 2.14 bits per heavy atom. The summed E-state index contributed by atoms with van der Waals surface area (Å²) in [5.41, 5.74) is 5.62. The van der Waals surface area contributed by atoms with Crippen molar-refractivity contribution in [3.8, 4) is 0 Å². The summed E-state index contributed by atoms with van der Waals surface area (Å²) in [4.78, 5) is 6.23. The number of anilines is 1. The molecule has 1 saturated heterocycles. The van der Waals surface area contributed by atoms with Crippen LogP contribution in [0.1, 0.15) is 18.9 Å². The van der Waals surface area contributed by atoms with Gasteiger partial charge in [-0.05, 0) is 12.1 Å². The van der Waals surface area contributed by atoms with Crippen LogP contribution in [0.4, 0.5) is 5.95 Å². The molecule has 2 rings (SSSR count). The lowest BCUT2D eigenvalue weighted by atomic mass is 10.4. The number of morpholine rings is 1. The van der Waals surface area contributed by atoms with E-state index < -0.39 is 0 Å². The average molecular weight is 198 g/mol. The highest BCUT2D eigenvalue weighted by Gasteiger charge is 2.18. The van der Waals surface area contributed by atoms with Crippen LogP contribution in [0.3, 0.4) is 0 Å². The van der Waals surface area contributed by atoms with Crippen molar-refractivity contribution in [2.24, 2.45) is 5.73 Å². The Balaban J connectivity index is 2.07. The van der Waals surface area contributed by atoms with Crippen LogP contribution in [-0.4, -0.2) is 36.4 Å². The van der Waals surface area contributed by atoms with Crippen LogP contribution in [0.5, 0.6) is 0 Å². The van der Waals surface area contributed by atoms with E-state index in [0.717, 1.165) is 13.1 Å². The second kappa shape index (κ2) is 3.93. The maximum absolute atomic E-state index is 5.62. The lowest BCUT2D eigenvalue weighted by Gasteiger charge is -2.24. The van der Waals surface area contributed by atoms with Crippen LogP contribution in [-0.2, 0) is 4.74 Å². The number of nitrogens with zero attached hydrogens (tertiary/aromatic N) is 3. The highest BCUT2D eigenvalue weighted by atomic mass is 16.5. The Bertz CT molecular complexity index is 293. The fraction of sp³-hybridized carbons (Fsp3) is 0.750. The first-order valence-corrected chi connectivity index (χ1v) is 4.69. The third kappa shape index (κ3) is 1.85. The molecule has 0 saturated carbocycles. The molecule has 0 bridgehead atoms. The molecule has 1 aliphatic rings. The molecule has 2 heterocycles. The zero-order valence-electron chi connectivity index (χ0n) is 8.14. The molecule has 78 valence electrons. The molecule has 1 aromatic rings. The van der Waals surface area contributed by atoms with Gasteiger partial charge in [0, 0.05) is 13.1 Å². The van der Waals surface area contributed by atoms with Gasteiger partial charge in [-0.15, -0.1) is 0 Å². The Kier molecular flexibility index (Phi) is 2.64. The first kappa shape index (κ1) is 9.42. The van der Waals surface area contributed by atoms with Gasteiger partial charge < -0.3 is 19.9 Å². The second-order valence-electron chi connectivity index (χ2n) is 3.32. The van der Waals surface area contributed by atoms with Gasteiger partial charge in [-0.25, -0.2) is 0 Å². The van der Waals surface area contributed by atoms with Gasteiger partial charge >= 0.3 is 0 Å². The van der Waals surface area contributed by atoms with Gasteiger partial charge in [-0.2, -0.15) is 4.98 Å². The molecular formula is C8H14N4O2. The summed E-state index contributed by atoms with van der Waals surface area (Å²) in [6.07, 6.45) is 0. The molecule has 0 radical (unpaired) electrons. The smallest absolute Gasteiger partial charge is 0.266 e. The maximum atomic E-state index is 5.62. The number of aromatic nitrogens is 2. The summed E-state index contributed by atoms with van der Waals surface area (Å²) >= 11 is 0. The molecule has 0 aromatic carbocycles. The van der Waals surface area contributed by atoms with Gasteiger partial charge in [0.05, 0.1) is 19.3 Å². The Hall–Kier alpha value is -1.14. The molecule has 0 amide bonds. The summed E-state index contributed by atoms with van der Waals surface area (Å²) in [6.45, 7) is 4.84. The first-order valence-electron chi connectivity index (χ1n) is 4.69. The lowest BCUT2D eigenvalue weighted by molar-refractivity contribution is 0.121. The van der Waals surface area contributed by atoms with Gasteiger partial charge in [0.15, 0.2) is 0 Å². The molecule has 1 fully saturated rings. The SMILES string of the molecule is C[C@@H](N)c1nc(N2CCOCC2)no1. The molecule has 0 aliphatic carbocycles. The van der Waals surface area contributed by atoms with Gasteiger partial charge in [-0.1, -0.05) is 0 Å². The minimum Gasteiger partial charge on any atom is -0.378 e. The van der Waals surface area contributed by atoms with Crippen LogP contribution >= 0.6 is 0 Å². The van der Waals surface area contributed by atoms with Crippen molar-refractivity contribution < 1.29 is 9.26 Å². The van der Waals surface area contributed by atoms with Gasteiger partial charge in [0.1, 0.15) is 0 Å². The predicted molar refractivity (Wildman–Crippen MR) is 49.9 cm³/mol. The number of ether oxygens (including phenoxy) is 1. The number of hydrogen-bond donors (Lipinski definition) is 1. The monoisotopic (exact) mass is 198 g/mol. The van der Waals surface area contributed by atoms with E-state index >= 15 is 0 Å². The van der Waals surface area contributed by atoms with E-state index in [1.54, 1.807) is 0 Å².